The zero-order valence-corrected chi connectivity index (χ0v) is 13.6. The van der Waals surface area contributed by atoms with E-state index in [9.17, 15) is 13.2 Å². The van der Waals surface area contributed by atoms with Crippen molar-refractivity contribution in [3.8, 4) is 0 Å². The van der Waals surface area contributed by atoms with Gasteiger partial charge in [-0.05, 0) is 38.2 Å². The highest BCUT2D eigenvalue weighted by molar-refractivity contribution is 7.89. The number of rotatable bonds is 3. The summed E-state index contributed by atoms with van der Waals surface area (Å²) in [6.45, 7) is 4.21. The molecule has 1 amide bonds. The molecular formula is C13H20ClN3O3S. The van der Waals surface area contributed by atoms with E-state index in [1.807, 2.05) is 6.92 Å². The molecule has 0 aromatic heterocycles. The summed E-state index contributed by atoms with van der Waals surface area (Å²) in [5, 5.41) is 3.23. The summed E-state index contributed by atoms with van der Waals surface area (Å²) >= 11 is 0. The van der Waals surface area contributed by atoms with E-state index >= 15 is 0 Å². The predicted molar refractivity (Wildman–Crippen MR) is 83.3 cm³/mol. The molecule has 118 valence electrons. The highest BCUT2D eigenvalue weighted by atomic mass is 35.5. The van der Waals surface area contributed by atoms with E-state index in [0.717, 1.165) is 13.1 Å². The van der Waals surface area contributed by atoms with E-state index in [2.05, 4.69) is 10.0 Å². The van der Waals surface area contributed by atoms with Crippen LogP contribution in [0.2, 0.25) is 0 Å². The van der Waals surface area contributed by atoms with E-state index in [1.54, 1.807) is 17.0 Å². The quantitative estimate of drug-likeness (QED) is 0.842. The van der Waals surface area contributed by atoms with Crippen LogP contribution in [0.15, 0.2) is 29.2 Å². The first-order valence-corrected chi connectivity index (χ1v) is 7.99. The number of halogens is 1. The van der Waals surface area contributed by atoms with Gasteiger partial charge in [0.15, 0.2) is 0 Å². The molecular weight excluding hydrogens is 314 g/mol. The molecule has 0 saturated carbocycles. The Morgan fingerprint density at radius 3 is 2.48 bits per heavy atom. The molecule has 1 atom stereocenters. The molecule has 0 spiro atoms. The lowest BCUT2D eigenvalue weighted by atomic mass is 10.1. The van der Waals surface area contributed by atoms with Crippen LogP contribution in [0.3, 0.4) is 0 Å². The second-order valence-electron chi connectivity index (χ2n) is 4.78. The Morgan fingerprint density at radius 2 is 1.95 bits per heavy atom. The molecule has 1 saturated heterocycles. The van der Waals surface area contributed by atoms with Gasteiger partial charge in [0.05, 0.1) is 4.90 Å². The van der Waals surface area contributed by atoms with Gasteiger partial charge in [0, 0.05) is 31.2 Å². The van der Waals surface area contributed by atoms with Crippen LogP contribution in [0.4, 0.5) is 0 Å². The standard InChI is InChI=1S/C13H19N3O3S.ClH/c1-10-9-15-7-8-16(10)13(17)11-3-5-12(6-4-11)20(18,19)14-2;/h3-6,10,14-15H,7-9H2,1-2H3;1H. The van der Waals surface area contributed by atoms with E-state index < -0.39 is 10.0 Å². The Balaban J connectivity index is 0.00000220. The summed E-state index contributed by atoms with van der Waals surface area (Å²) in [4.78, 5) is 14.3. The van der Waals surface area contributed by atoms with Crippen molar-refractivity contribution in [2.75, 3.05) is 26.7 Å². The lowest BCUT2D eigenvalue weighted by molar-refractivity contribution is 0.0655. The topological polar surface area (TPSA) is 78.5 Å². The van der Waals surface area contributed by atoms with Gasteiger partial charge >= 0.3 is 0 Å². The number of nitrogens with zero attached hydrogens (tertiary/aromatic N) is 1. The maximum absolute atomic E-state index is 12.4. The Bertz CT molecular complexity index is 589. The van der Waals surface area contributed by atoms with Crippen molar-refractivity contribution in [1.82, 2.24) is 14.9 Å². The first-order chi connectivity index (χ1) is 9.45. The summed E-state index contributed by atoms with van der Waals surface area (Å²) in [5.74, 6) is -0.0626. The fraction of sp³-hybridized carbons (Fsp3) is 0.462. The molecule has 1 aromatic carbocycles. The number of sulfonamides is 1. The number of carbonyl (C=O) groups excluding carboxylic acids is 1. The number of piperazine rings is 1. The maximum atomic E-state index is 12.4. The molecule has 1 aromatic rings. The molecule has 0 radical (unpaired) electrons. The molecule has 1 aliphatic heterocycles. The normalized spacial score (nSPS) is 19.0. The number of carbonyl (C=O) groups is 1. The van der Waals surface area contributed by atoms with Gasteiger partial charge in [-0.2, -0.15) is 0 Å². The lowest BCUT2D eigenvalue weighted by Gasteiger charge is -2.34. The highest BCUT2D eigenvalue weighted by Crippen LogP contribution is 2.14. The van der Waals surface area contributed by atoms with E-state index in [1.165, 1.54) is 19.2 Å². The zero-order chi connectivity index (χ0) is 14.8. The minimum atomic E-state index is -3.46. The molecule has 21 heavy (non-hydrogen) atoms. The van der Waals surface area contributed by atoms with Gasteiger partial charge in [0.2, 0.25) is 10.0 Å². The molecule has 0 bridgehead atoms. The molecule has 2 N–H and O–H groups in total. The fourth-order valence-corrected chi connectivity index (χ4v) is 2.93. The van der Waals surface area contributed by atoms with Crippen molar-refractivity contribution in [3.05, 3.63) is 29.8 Å². The van der Waals surface area contributed by atoms with E-state index in [4.69, 9.17) is 0 Å². The molecule has 2 rings (SSSR count). The number of benzene rings is 1. The lowest BCUT2D eigenvalue weighted by Crippen LogP contribution is -2.52. The average molecular weight is 334 g/mol. The number of amides is 1. The monoisotopic (exact) mass is 333 g/mol. The van der Waals surface area contributed by atoms with Gasteiger partial charge in [-0.25, -0.2) is 13.1 Å². The molecule has 8 heteroatoms. The van der Waals surface area contributed by atoms with Gasteiger partial charge in [0.25, 0.3) is 5.91 Å². The largest absolute Gasteiger partial charge is 0.333 e. The third-order valence-electron chi connectivity index (χ3n) is 3.44. The minimum absolute atomic E-state index is 0. The van der Waals surface area contributed by atoms with Crippen molar-refractivity contribution < 1.29 is 13.2 Å². The van der Waals surface area contributed by atoms with Crippen LogP contribution < -0.4 is 10.0 Å². The van der Waals surface area contributed by atoms with Crippen LogP contribution in [-0.2, 0) is 10.0 Å². The number of nitrogens with one attached hydrogen (secondary N) is 2. The number of hydrogen-bond donors (Lipinski definition) is 2. The van der Waals surface area contributed by atoms with Crippen molar-refractivity contribution in [1.29, 1.82) is 0 Å². The van der Waals surface area contributed by atoms with Crippen molar-refractivity contribution in [2.45, 2.75) is 17.9 Å². The Hall–Kier alpha value is -1.15. The van der Waals surface area contributed by atoms with Crippen LogP contribution in [0, 0.1) is 0 Å². The van der Waals surface area contributed by atoms with Crippen LogP contribution in [0.5, 0.6) is 0 Å². The Kier molecular flexibility index (Phi) is 6.15. The number of hydrogen-bond acceptors (Lipinski definition) is 4. The van der Waals surface area contributed by atoms with E-state index in [-0.39, 0.29) is 29.3 Å². The maximum Gasteiger partial charge on any atom is 0.254 e. The third kappa shape index (κ3) is 3.94. The summed E-state index contributed by atoms with van der Waals surface area (Å²) in [6.07, 6.45) is 0. The predicted octanol–water partition coefficient (Wildman–Crippen LogP) is 0.450. The van der Waals surface area contributed by atoms with Crippen molar-refractivity contribution in [2.24, 2.45) is 0 Å². The smallest absolute Gasteiger partial charge is 0.254 e. The highest BCUT2D eigenvalue weighted by Gasteiger charge is 2.24. The van der Waals surface area contributed by atoms with Crippen LogP contribution in [0.25, 0.3) is 0 Å². The van der Waals surface area contributed by atoms with Gasteiger partial charge in [-0.15, -0.1) is 12.4 Å². The zero-order valence-electron chi connectivity index (χ0n) is 12.0. The molecule has 1 fully saturated rings. The van der Waals surface area contributed by atoms with E-state index in [0.29, 0.717) is 12.1 Å². The van der Waals surface area contributed by atoms with Gasteiger partial charge in [0.1, 0.15) is 0 Å². The van der Waals surface area contributed by atoms with Gasteiger partial charge < -0.3 is 10.2 Å². The molecule has 0 aliphatic carbocycles. The second-order valence-corrected chi connectivity index (χ2v) is 6.67. The van der Waals surface area contributed by atoms with Crippen LogP contribution >= 0.6 is 12.4 Å². The van der Waals surface area contributed by atoms with Crippen LogP contribution in [0.1, 0.15) is 17.3 Å². The third-order valence-corrected chi connectivity index (χ3v) is 4.87. The summed E-state index contributed by atoms with van der Waals surface area (Å²) in [7, 11) is -2.10. The first kappa shape index (κ1) is 17.9. The SMILES string of the molecule is CNS(=O)(=O)c1ccc(C(=O)N2CCNCC2C)cc1.Cl. The Labute approximate surface area is 131 Å². The second kappa shape index (κ2) is 7.22. The molecule has 1 heterocycles. The van der Waals surface area contributed by atoms with Crippen LogP contribution in [-0.4, -0.2) is 51.9 Å². The Morgan fingerprint density at radius 1 is 1.33 bits per heavy atom. The first-order valence-electron chi connectivity index (χ1n) is 6.51. The van der Waals surface area contributed by atoms with Crippen molar-refractivity contribution in [3.63, 3.8) is 0 Å². The molecule has 6 nitrogen and oxygen atoms in total. The summed E-state index contributed by atoms with van der Waals surface area (Å²) < 4.78 is 25.5. The van der Waals surface area contributed by atoms with Gasteiger partial charge in [-0.3, -0.25) is 4.79 Å². The molecule has 1 unspecified atom stereocenters. The summed E-state index contributed by atoms with van der Waals surface area (Å²) in [5.41, 5.74) is 0.508. The van der Waals surface area contributed by atoms with Gasteiger partial charge in [-0.1, -0.05) is 0 Å². The molecule has 1 aliphatic rings. The minimum Gasteiger partial charge on any atom is -0.333 e. The fourth-order valence-electron chi connectivity index (χ4n) is 2.20. The average Bonchev–Trinajstić information content (AvgIpc) is 2.47. The summed E-state index contributed by atoms with van der Waals surface area (Å²) in [6, 6.07) is 6.15. The van der Waals surface area contributed by atoms with Crippen molar-refractivity contribution >= 4 is 28.3 Å².